The van der Waals surface area contributed by atoms with E-state index in [4.69, 9.17) is 27.8 Å². The summed E-state index contributed by atoms with van der Waals surface area (Å²) in [6.07, 6.45) is 1.64. The van der Waals surface area contributed by atoms with Crippen molar-refractivity contribution in [2.45, 2.75) is 47.1 Å². The van der Waals surface area contributed by atoms with E-state index in [1.165, 1.54) is 0 Å². The van der Waals surface area contributed by atoms with Gasteiger partial charge in [-0.05, 0) is 80.4 Å². The molecular weight excluding hydrogens is 672 g/mol. The van der Waals surface area contributed by atoms with Gasteiger partial charge in [-0.25, -0.2) is 14.8 Å². The average molecular weight is 711 g/mol. The summed E-state index contributed by atoms with van der Waals surface area (Å²) in [7, 11) is 0. The molecule has 0 N–H and O–H groups in total. The number of carbonyl (C=O) groups is 1. The Kier molecular flexibility index (Phi) is 10.6. The fourth-order valence-electron chi connectivity index (χ4n) is 5.49. The van der Waals surface area contributed by atoms with Crippen molar-refractivity contribution in [2.24, 2.45) is 0 Å². The van der Waals surface area contributed by atoms with Crippen molar-refractivity contribution in [1.29, 1.82) is 0 Å². The van der Waals surface area contributed by atoms with Crippen molar-refractivity contribution in [3.05, 3.63) is 155 Å². The van der Waals surface area contributed by atoms with E-state index in [9.17, 15) is 4.79 Å². The van der Waals surface area contributed by atoms with E-state index >= 15 is 0 Å². The molecule has 7 rings (SSSR count). The molecule has 11 nitrogen and oxygen atoms in total. The molecule has 0 spiro atoms. The lowest BCUT2D eigenvalue weighted by Gasteiger charge is -2.08. The smallest absolute Gasteiger partial charge is 0.345 e. The van der Waals surface area contributed by atoms with E-state index in [-0.39, 0.29) is 37.9 Å². The van der Waals surface area contributed by atoms with Crippen LogP contribution in [0.25, 0.3) is 22.9 Å². The van der Waals surface area contributed by atoms with Crippen molar-refractivity contribution in [3.8, 4) is 40.3 Å². The fraction of sp³-hybridized carbons (Fsp3) is 0.190. The van der Waals surface area contributed by atoms with Crippen LogP contribution in [0.3, 0.4) is 0 Å². The summed E-state index contributed by atoms with van der Waals surface area (Å²) >= 11 is 0. The molecule has 0 bridgehead atoms. The summed E-state index contributed by atoms with van der Waals surface area (Å²) in [5, 5.41) is 4.58. The monoisotopic (exact) mass is 710 g/mol. The third-order valence-electron chi connectivity index (χ3n) is 8.37. The van der Waals surface area contributed by atoms with Gasteiger partial charge in [0.15, 0.2) is 0 Å². The Morgan fingerprint density at radius 2 is 1.15 bits per heavy atom. The minimum absolute atomic E-state index is 0.191. The zero-order valence-corrected chi connectivity index (χ0v) is 29.7. The maximum Gasteiger partial charge on any atom is 0.345 e. The van der Waals surface area contributed by atoms with Crippen LogP contribution in [0.5, 0.6) is 17.4 Å². The van der Waals surface area contributed by atoms with Crippen molar-refractivity contribution < 1.29 is 32.6 Å². The van der Waals surface area contributed by atoms with Crippen molar-refractivity contribution in [2.75, 3.05) is 6.61 Å². The molecule has 268 valence electrons. The number of esters is 1. The first-order valence-electron chi connectivity index (χ1n) is 17.3. The average Bonchev–Trinajstić information content (AvgIpc) is 3.90. The molecule has 0 aliphatic heterocycles. The highest BCUT2D eigenvalue weighted by Gasteiger charge is 2.20. The van der Waals surface area contributed by atoms with E-state index in [0.717, 1.165) is 33.6 Å². The zero-order chi connectivity index (χ0) is 36.6. The third kappa shape index (κ3) is 8.65. The highest BCUT2D eigenvalue weighted by Crippen LogP contribution is 2.26. The second kappa shape index (κ2) is 16.2. The van der Waals surface area contributed by atoms with Crippen LogP contribution in [-0.4, -0.2) is 32.3 Å². The van der Waals surface area contributed by atoms with E-state index in [2.05, 4.69) is 15.1 Å². The molecule has 0 amide bonds. The van der Waals surface area contributed by atoms with Crippen LogP contribution < -0.4 is 14.2 Å². The summed E-state index contributed by atoms with van der Waals surface area (Å²) in [6, 6.07) is 34.7. The number of nitrogens with zero attached hydrogens (tertiary/aromatic N) is 4. The third-order valence-corrected chi connectivity index (χ3v) is 8.37. The second-order valence-electron chi connectivity index (χ2n) is 12.2. The molecule has 11 heteroatoms. The molecule has 0 saturated carbocycles. The van der Waals surface area contributed by atoms with Gasteiger partial charge < -0.3 is 27.8 Å². The van der Waals surface area contributed by atoms with Gasteiger partial charge in [0.05, 0.1) is 13.2 Å². The van der Waals surface area contributed by atoms with Crippen LogP contribution in [0.4, 0.5) is 0 Å². The van der Waals surface area contributed by atoms with Gasteiger partial charge in [-0.3, -0.25) is 4.68 Å². The predicted molar refractivity (Wildman–Crippen MR) is 197 cm³/mol. The van der Waals surface area contributed by atoms with Gasteiger partial charge in [0.1, 0.15) is 59.8 Å². The lowest BCUT2D eigenvalue weighted by atomic mass is 10.2. The van der Waals surface area contributed by atoms with Crippen molar-refractivity contribution >= 4 is 5.97 Å². The minimum Gasteiger partial charge on any atom is -0.487 e. The topological polar surface area (TPSA) is 124 Å². The summed E-state index contributed by atoms with van der Waals surface area (Å²) < 4.78 is 36.7. The molecule has 3 heterocycles. The number of aryl methyl sites for hydroxylation is 2. The van der Waals surface area contributed by atoms with Crippen molar-refractivity contribution in [1.82, 2.24) is 19.7 Å². The van der Waals surface area contributed by atoms with Gasteiger partial charge in [-0.2, -0.15) is 0 Å². The number of hydrogen-bond acceptors (Lipinski definition) is 10. The Morgan fingerprint density at radius 1 is 0.642 bits per heavy atom. The first-order valence-corrected chi connectivity index (χ1v) is 17.3. The molecule has 0 atom stereocenters. The van der Waals surface area contributed by atoms with E-state index in [1.54, 1.807) is 17.8 Å². The number of oxazole rings is 2. The molecule has 0 aliphatic rings. The Bertz CT molecular complexity index is 2260. The van der Waals surface area contributed by atoms with Gasteiger partial charge in [0.25, 0.3) is 0 Å². The molecular formula is C42H38N4O7. The molecule has 7 aromatic rings. The Morgan fingerprint density at radius 3 is 1.66 bits per heavy atom. The SMILES string of the molecule is CCOC(=O)c1cn(Cc2ccc(OCc3nc(-c4ccccc4)oc3C)cc2)nc1OCc1ccc(OCc2nc(-c3ccccc3)oc2C)cc1. The second-order valence-corrected chi connectivity index (χ2v) is 12.2. The van der Waals surface area contributed by atoms with Gasteiger partial charge >= 0.3 is 5.97 Å². The molecule has 0 aliphatic carbocycles. The predicted octanol–water partition coefficient (Wildman–Crippen LogP) is 8.77. The molecule has 0 radical (unpaired) electrons. The van der Waals surface area contributed by atoms with E-state index < -0.39 is 5.97 Å². The van der Waals surface area contributed by atoms with Gasteiger partial charge in [-0.15, -0.1) is 5.10 Å². The standard InChI is InChI=1S/C42H38N4O7/c1-4-48-42(47)36-24-46(23-30-15-19-34(20-16-30)49-26-37-28(2)52-39(43-37)32-11-7-5-8-12-32)45-41(36)51-25-31-17-21-35(22-18-31)50-27-38-29(3)53-40(44-38)33-13-9-6-10-14-33/h5-22,24H,4,23,25-27H2,1-3H3. The quantitative estimate of drug-likeness (QED) is 0.0954. The summed E-state index contributed by atoms with van der Waals surface area (Å²) in [5.41, 5.74) is 5.38. The molecule has 4 aromatic carbocycles. The van der Waals surface area contributed by atoms with Crippen LogP contribution in [0.1, 0.15) is 51.3 Å². The minimum atomic E-state index is -0.501. The summed E-state index contributed by atoms with van der Waals surface area (Å²) in [4.78, 5) is 22.0. The summed E-state index contributed by atoms with van der Waals surface area (Å²) in [6.45, 7) is 6.89. The van der Waals surface area contributed by atoms with E-state index in [0.29, 0.717) is 41.3 Å². The highest BCUT2D eigenvalue weighted by atomic mass is 16.5. The van der Waals surface area contributed by atoms with Gasteiger partial charge in [0.2, 0.25) is 17.7 Å². The largest absolute Gasteiger partial charge is 0.487 e. The first-order chi connectivity index (χ1) is 25.9. The Labute approximate surface area is 306 Å². The highest BCUT2D eigenvalue weighted by molar-refractivity contribution is 5.91. The molecule has 0 fully saturated rings. The lowest BCUT2D eigenvalue weighted by Crippen LogP contribution is -2.06. The van der Waals surface area contributed by atoms with Crippen LogP contribution in [0, 0.1) is 13.8 Å². The van der Waals surface area contributed by atoms with Gasteiger partial charge in [-0.1, -0.05) is 60.7 Å². The number of hydrogen-bond donors (Lipinski definition) is 0. The Hall–Kier alpha value is -6.62. The number of rotatable bonds is 15. The fourth-order valence-corrected chi connectivity index (χ4v) is 5.49. The first kappa shape index (κ1) is 34.8. The molecule has 3 aromatic heterocycles. The van der Waals surface area contributed by atoms with Crippen molar-refractivity contribution in [3.63, 3.8) is 0 Å². The van der Waals surface area contributed by atoms with Crippen LogP contribution in [-0.2, 0) is 31.1 Å². The van der Waals surface area contributed by atoms with Gasteiger partial charge in [0, 0.05) is 17.3 Å². The molecule has 53 heavy (non-hydrogen) atoms. The molecule has 0 unspecified atom stereocenters. The number of ether oxygens (including phenoxy) is 4. The zero-order valence-electron chi connectivity index (χ0n) is 29.7. The maximum atomic E-state index is 12.8. The van der Waals surface area contributed by atoms with Crippen LogP contribution >= 0.6 is 0 Å². The number of carbonyl (C=O) groups excluding carboxylic acids is 1. The number of benzene rings is 4. The van der Waals surface area contributed by atoms with Crippen LogP contribution in [0.15, 0.2) is 124 Å². The summed E-state index contributed by atoms with van der Waals surface area (Å²) in [5.74, 6) is 3.62. The lowest BCUT2D eigenvalue weighted by molar-refractivity contribution is 0.0521. The molecule has 0 saturated heterocycles. The number of aromatic nitrogens is 4. The van der Waals surface area contributed by atoms with E-state index in [1.807, 2.05) is 123 Å². The Balaban J connectivity index is 0.942. The normalized spacial score (nSPS) is 11.0. The maximum absolute atomic E-state index is 12.8. The van der Waals surface area contributed by atoms with Crippen LogP contribution in [0.2, 0.25) is 0 Å².